The van der Waals surface area contributed by atoms with Gasteiger partial charge in [-0.25, -0.2) is 13.2 Å². The largest absolute Gasteiger partial charge is 0.288 e. The van der Waals surface area contributed by atoms with Gasteiger partial charge < -0.3 is 0 Å². The number of halogens is 3. The molecule has 86 valence electrons. The Balaban J connectivity index is 2.49. The van der Waals surface area contributed by atoms with E-state index in [1.807, 2.05) is 0 Å². The van der Waals surface area contributed by atoms with Gasteiger partial charge in [0, 0.05) is 18.0 Å². The average molecular weight is 237 g/mol. The fraction of sp³-hybridized carbons (Fsp3) is 0. The standard InChI is InChI=1S/C12H6F3NO/c13-9-4-3-8(10(14)11(9)15)12(17)7-2-1-5-16-6-7/h1-6H. The highest BCUT2D eigenvalue weighted by Gasteiger charge is 2.19. The second-order valence-electron chi connectivity index (χ2n) is 3.29. The highest BCUT2D eigenvalue weighted by molar-refractivity contribution is 6.08. The summed E-state index contributed by atoms with van der Waals surface area (Å²) in [5.74, 6) is -5.21. The number of ketones is 1. The zero-order valence-electron chi connectivity index (χ0n) is 8.45. The normalized spacial score (nSPS) is 10.3. The Morgan fingerprint density at radius 3 is 2.47 bits per heavy atom. The van der Waals surface area contributed by atoms with Crippen LogP contribution in [0.25, 0.3) is 0 Å². The molecule has 0 saturated carbocycles. The Hall–Kier alpha value is -2.17. The third kappa shape index (κ3) is 2.04. The summed E-state index contributed by atoms with van der Waals surface area (Å²) in [7, 11) is 0. The molecule has 0 bridgehead atoms. The Morgan fingerprint density at radius 1 is 1.06 bits per heavy atom. The molecule has 0 N–H and O–H groups in total. The van der Waals surface area contributed by atoms with Crippen LogP contribution in [0.2, 0.25) is 0 Å². The summed E-state index contributed by atoms with van der Waals surface area (Å²) in [4.78, 5) is 15.5. The molecule has 1 aromatic carbocycles. The molecule has 5 heteroatoms. The summed E-state index contributed by atoms with van der Waals surface area (Å²) >= 11 is 0. The van der Waals surface area contributed by atoms with Gasteiger partial charge in [0.2, 0.25) is 0 Å². The minimum Gasteiger partial charge on any atom is -0.288 e. The molecule has 0 saturated heterocycles. The van der Waals surface area contributed by atoms with E-state index >= 15 is 0 Å². The van der Waals surface area contributed by atoms with E-state index in [-0.39, 0.29) is 5.56 Å². The van der Waals surface area contributed by atoms with Gasteiger partial charge in [0.25, 0.3) is 0 Å². The number of carbonyl (C=O) groups is 1. The van der Waals surface area contributed by atoms with Gasteiger partial charge in [0.05, 0.1) is 5.56 Å². The third-order valence-electron chi connectivity index (χ3n) is 2.20. The number of nitrogens with zero attached hydrogens (tertiary/aromatic N) is 1. The summed E-state index contributed by atoms with van der Waals surface area (Å²) in [6.07, 6.45) is 2.67. The van der Waals surface area contributed by atoms with Gasteiger partial charge in [-0.3, -0.25) is 9.78 Å². The SMILES string of the molecule is O=C(c1cccnc1)c1ccc(F)c(F)c1F. The van der Waals surface area contributed by atoms with Crippen LogP contribution in [0.1, 0.15) is 15.9 Å². The van der Waals surface area contributed by atoms with Gasteiger partial charge in [-0.15, -0.1) is 0 Å². The lowest BCUT2D eigenvalue weighted by molar-refractivity contribution is 0.103. The molecule has 0 aliphatic heterocycles. The van der Waals surface area contributed by atoms with Crippen LogP contribution >= 0.6 is 0 Å². The number of hydrogen-bond acceptors (Lipinski definition) is 2. The molecule has 17 heavy (non-hydrogen) atoms. The molecule has 2 rings (SSSR count). The minimum atomic E-state index is -1.65. The van der Waals surface area contributed by atoms with Crippen molar-refractivity contribution in [3.8, 4) is 0 Å². The smallest absolute Gasteiger partial charge is 0.197 e. The lowest BCUT2D eigenvalue weighted by Crippen LogP contribution is -2.07. The zero-order valence-corrected chi connectivity index (χ0v) is 8.45. The summed E-state index contributed by atoms with van der Waals surface area (Å²) in [6, 6.07) is 4.52. The molecular formula is C12H6F3NO. The molecule has 0 spiro atoms. The van der Waals surface area contributed by atoms with Crippen molar-refractivity contribution in [1.82, 2.24) is 4.98 Å². The Kier molecular flexibility index (Phi) is 2.91. The number of carbonyl (C=O) groups excluding carboxylic acids is 1. The number of hydrogen-bond donors (Lipinski definition) is 0. The second-order valence-corrected chi connectivity index (χ2v) is 3.29. The highest BCUT2D eigenvalue weighted by Crippen LogP contribution is 2.18. The van der Waals surface area contributed by atoms with Gasteiger partial charge in [0.1, 0.15) is 0 Å². The summed E-state index contributed by atoms with van der Waals surface area (Å²) < 4.78 is 39.0. The van der Waals surface area contributed by atoms with Gasteiger partial charge in [-0.1, -0.05) is 0 Å². The van der Waals surface area contributed by atoms with Crippen LogP contribution in [-0.4, -0.2) is 10.8 Å². The molecule has 0 radical (unpaired) electrons. The van der Waals surface area contributed by atoms with Crippen molar-refractivity contribution in [1.29, 1.82) is 0 Å². The molecule has 0 atom stereocenters. The monoisotopic (exact) mass is 237 g/mol. The molecule has 0 unspecified atom stereocenters. The van der Waals surface area contributed by atoms with Crippen molar-refractivity contribution >= 4 is 5.78 Å². The topological polar surface area (TPSA) is 30.0 Å². The van der Waals surface area contributed by atoms with Gasteiger partial charge in [0.15, 0.2) is 23.2 Å². The Bertz CT molecular complexity index is 569. The van der Waals surface area contributed by atoms with Gasteiger partial charge >= 0.3 is 0 Å². The fourth-order valence-electron chi connectivity index (χ4n) is 1.35. The molecule has 2 nitrogen and oxygen atoms in total. The zero-order chi connectivity index (χ0) is 12.4. The highest BCUT2D eigenvalue weighted by atomic mass is 19.2. The van der Waals surface area contributed by atoms with Crippen molar-refractivity contribution in [2.45, 2.75) is 0 Å². The molecule has 0 aliphatic rings. The lowest BCUT2D eigenvalue weighted by Gasteiger charge is -2.03. The van der Waals surface area contributed by atoms with Crippen LogP contribution in [0.15, 0.2) is 36.7 Å². The van der Waals surface area contributed by atoms with E-state index in [2.05, 4.69) is 4.98 Å². The first-order valence-electron chi connectivity index (χ1n) is 4.69. The minimum absolute atomic E-state index is 0.109. The molecule has 1 heterocycles. The molecule has 0 fully saturated rings. The maximum atomic E-state index is 13.3. The quantitative estimate of drug-likeness (QED) is 0.593. The number of aromatic nitrogens is 1. The predicted molar refractivity (Wildman–Crippen MR) is 54.0 cm³/mol. The first kappa shape index (κ1) is 11.3. The van der Waals surface area contributed by atoms with Crippen LogP contribution in [-0.2, 0) is 0 Å². The Morgan fingerprint density at radius 2 is 1.82 bits per heavy atom. The van der Waals surface area contributed by atoms with Crippen molar-refractivity contribution in [3.63, 3.8) is 0 Å². The fourth-order valence-corrected chi connectivity index (χ4v) is 1.35. The van der Waals surface area contributed by atoms with Crippen molar-refractivity contribution < 1.29 is 18.0 Å². The molecule has 0 aliphatic carbocycles. The maximum absolute atomic E-state index is 13.3. The average Bonchev–Trinajstić information content (AvgIpc) is 2.36. The van der Waals surface area contributed by atoms with Crippen LogP contribution in [0, 0.1) is 17.5 Å². The molecular weight excluding hydrogens is 231 g/mol. The first-order chi connectivity index (χ1) is 8.11. The maximum Gasteiger partial charge on any atom is 0.197 e. The molecule has 2 aromatic rings. The number of benzene rings is 1. The van der Waals surface area contributed by atoms with E-state index in [1.54, 1.807) is 0 Å². The summed E-state index contributed by atoms with van der Waals surface area (Å²) in [6.45, 7) is 0. The number of rotatable bonds is 2. The van der Waals surface area contributed by atoms with E-state index in [9.17, 15) is 18.0 Å². The van der Waals surface area contributed by atoms with Crippen molar-refractivity contribution in [3.05, 3.63) is 65.2 Å². The Labute approximate surface area is 94.7 Å². The summed E-state index contributed by atoms with van der Waals surface area (Å²) in [5.41, 5.74) is -0.408. The van der Waals surface area contributed by atoms with Crippen LogP contribution in [0.4, 0.5) is 13.2 Å². The predicted octanol–water partition coefficient (Wildman–Crippen LogP) is 2.73. The van der Waals surface area contributed by atoms with E-state index in [4.69, 9.17) is 0 Å². The van der Waals surface area contributed by atoms with Crippen LogP contribution in [0.3, 0.4) is 0 Å². The van der Waals surface area contributed by atoms with E-state index in [0.29, 0.717) is 6.07 Å². The summed E-state index contributed by atoms with van der Waals surface area (Å²) in [5, 5.41) is 0. The third-order valence-corrected chi connectivity index (χ3v) is 2.20. The second kappa shape index (κ2) is 4.37. The first-order valence-corrected chi connectivity index (χ1v) is 4.69. The lowest BCUT2D eigenvalue weighted by atomic mass is 10.0. The van der Waals surface area contributed by atoms with Gasteiger partial charge in [-0.05, 0) is 24.3 Å². The van der Waals surface area contributed by atoms with Crippen molar-refractivity contribution in [2.75, 3.05) is 0 Å². The molecule has 0 amide bonds. The van der Waals surface area contributed by atoms with E-state index < -0.39 is 28.8 Å². The number of pyridine rings is 1. The van der Waals surface area contributed by atoms with E-state index in [1.165, 1.54) is 24.5 Å². The molecule has 1 aromatic heterocycles. The van der Waals surface area contributed by atoms with Gasteiger partial charge in [-0.2, -0.15) is 0 Å². The van der Waals surface area contributed by atoms with Crippen LogP contribution < -0.4 is 0 Å². The van der Waals surface area contributed by atoms with Crippen molar-refractivity contribution in [2.24, 2.45) is 0 Å². The van der Waals surface area contributed by atoms with Crippen LogP contribution in [0.5, 0.6) is 0 Å². The van der Waals surface area contributed by atoms with E-state index in [0.717, 1.165) is 6.07 Å².